The quantitative estimate of drug-likeness (QED) is 0.792. The maximum Gasteiger partial charge on any atom is 0.0764 e. The van der Waals surface area contributed by atoms with Crippen molar-refractivity contribution in [3.8, 4) is 0 Å². The Morgan fingerprint density at radius 2 is 2.44 bits per heavy atom. The number of aromatic nitrogens is 2. The molecule has 0 spiro atoms. The number of hydrogen-bond acceptors (Lipinski definition) is 3. The van der Waals surface area contributed by atoms with Crippen molar-refractivity contribution in [3.05, 3.63) is 18.0 Å². The van der Waals surface area contributed by atoms with Crippen LogP contribution in [0.3, 0.4) is 0 Å². The SMILES string of the molecule is Cn1ccc(CN2CC3CCCNC3C2)n1. The zero-order valence-electron chi connectivity index (χ0n) is 9.89. The highest BCUT2D eigenvalue weighted by molar-refractivity contribution is 5.01. The van der Waals surface area contributed by atoms with Crippen LogP contribution in [0.2, 0.25) is 0 Å². The first-order valence-corrected chi connectivity index (χ1v) is 6.25. The first-order chi connectivity index (χ1) is 7.81. The molecule has 1 aromatic heterocycles. The van der Waals surface area contributed by atoms with Crippen LogP contribution in [0.5, 0.6) is 0 Å². The number of piperidine rings is 1. The lowest BCUT2D eigenvalue weighted by atomic mass is 9.94. The summed E-state index contributed by atoms with van der Waals surface area (Å²) in [6.45, 7) is 4.66. The van der Waals surface area contributed by atoms with Crippen molar-refractivity contribution in [2.45, 2.75) is 25.4 Å². The summed E-state index contributed by atoms with van der Waals surface area (Å²) in [6, 6.07) is 2.85. The molecule has 16 heavy (non-hydrogen) atoms. The van der Waals surface area contributed by atoms with Crippen LogP contribution in [-0.2, 0) is 13.6 Å². The average Bonchev–Trinajstić information content (AvgIpc) is 2.84. The molecular formula is C12H20N4. The fraction of sp³-hybridized carbons (Fsp3) is 0.750. The first kappa shape index (κ1) is 10.3. The third kappa shape index (κ3) is 1.99. The summed E-state index contributed by atoms with van der Waals surface area (Å²) in [5, 5.41) is 8.08. The van der Waals surface area contributed by atoms with Crippen molar-refractivity contribution in [2.24, 2.45) is 13.0 Å². The number of likely N-dealkylation sites (tertiary alicyclic amines) is 1. The van der Waals surface area contributed by atoms with Crippen molar-refractivity contribution in [1.29, 1.82) is 0 Å². The smallest absolute Gasteiger partial charge is 0.0764 e. The molecule has 0 radical (unpaired) electrons. The van der Waals surface area contributed by atoms with Gasteiger partial charge in [-0.15, -0.1) is 0 Å². The van der Waals surface area contributed by atoms with Gasteiger partial charge in [-0.25, -0.2) is 0 Å². The van der Waals surface area contributed by atoms with Crippen LogP contribution in [0.15, 0.2) is 12.3 Å². The molecule has 0 saturated carbocycles. The van der Waals surface area contributed by atoms with Crippen molar-refractivity contribution in [3.63, 3.8) is 0 Å². The van der Waals surface area contributed by atoms with Gasteiger partial charge in [0.2, 0.25) is 0 Å². The second-order valence-electron chi connectivity index (χ2n) is 5.14. The molecule has 2 saturated heterocycles. The zero-order chi connectivity index (χ0) is 11.0. The highest BCUT2D eigenvalue weighted by atomic mass is 15.3. The molecule has 1 aromatic rings. The van der Waals surface area contributed by atoms with Crippen LogP contribution >= 0.6 is 0 Å². The molecule has 2 atom stereocenters. The minimum Gasteiger partial charge on any atom is -0.312 e. The summed E-state index contributed by atoms with van der Waals surface area (Å²) in [5.41, 5.74) is 1.20. The Hall–Kier alpha value is -0.870. The molecule has 0 amide bonds. The summed E-state index contributed by atoms with van der Waals surface area (Å²) in [5.74, 6) is 0.873. The molecule has 2 unspecified atom stereocenters. The van der Waals surface area contributed by atoms with Crippen molar-refractivity contribution >= 4 is 0 Å². The van der Waals surface area contributed by atoms with E-state index < -0.39 is 0 Å². The van der Waals surface area contributed by atoms with Gasteiger partial charge in [0, 0.05) is 38.9 Å². The molecule has 88 valence electrons. The van der Waals surface area contributed by atoms with Crippen molar-refractivity contribution < 1.29 is 0 Å². The van der Waals surface area contributed by atoms with E-state index in [1.54, 1.807) is 0 Å². The van der Waals surface area contributed by atoms with Crippen molar-refractivity contribution in [1.82, 2.24) is 20.0 Å². The van der Waals surface area contributed by atoms with E-state index in [4.69, 9.17) is 0 Å². The molecule has 3 rings (SSSR count). The fourth-order valence-corrected chi connectivity index (χ4v) is 3.04. The highest BCUT2D eigenvalue weighted by Crippen LogP contribution is 2.25. The van der Waals surface area contributed by atoms with E-state index in [1.165, 1.54) is 38.2 Å². The van der Waals surface area contributed by atoms with Crippen LogP contribution in [0.4, 0.5) is 0 Å². The summed E-state index contributed by atoms with van der Waals surface area (Å²) in [6.07, 6.45) is 4.77. The molecule has 0 aliphatic carbocycles. The van der Waals surface area contributed by atoms with Gasteiger partial charge in [-0.3, -0.25) is 9.58 Å². The Morgan fingerprint density at radius 3 is 3.19 bits per heavy atom. The Balaban J connectivity index is 1.61. The predicted molar refractivity (Wildman–Crippen MR) is 63.0 cm³/mol. The van der Waals surface area contributed by atoms with Crippen LogP contribution in [0.1, 0.15) is 18.5 Å². The molecular weight excluding hydrogens is 200 g/mol. The van der Waals surface area contributed by atoms with Crippen LogP contribution < -0.4 is 5.32 Å². The van der Waals surface area contributed by atoms with Crippen molar-refractivity contribution in [2.75, 3.05) is 19.6 Å². The summed E-state index contributed by atoms with van der Waals surface area (Å²) in [7, 11) is 1.98. The maximum atomic E-state index is 4.45. The average molecular weight is 220 g/mol. The van der Waals surface area contributed by atoms with Gasteiger partial charge in [0.15, 0.2) is 0 Å². The van der Waals surface area contributed by atoms with E-state index >= 15 is 0 Å². The molecule has 2 fully saturated rings. The minimum atomic E-state index is 0.734. The Bertz CT molecular complexity index is 346. The fourth-order valence-electron chi connectivity index (χ4n) is 3.04. The number of nitrogens with one attached hydrogen (secondary N) is 1. The lowest BCUT2D eigenvalue weighted by molar-refractivity contribution is 0.308. The van der Waals surface area contributed by atoms with Gasteiger partial charge in [0.05, 0.1) is 5.69 Å². The number of nitrogens with zero attached hydrogens (tertiary/aromatic N) is 3. The monoisotopic (exact) mass is 220 g/mol. The minimum absolute atomic E-state index is 0.734. The van der Waals surface area contributed by atoms with E-state index in [0.717, 1.165) is 18.5 Å². The Labute approximate surface area is 96.6 Å². The van der Waals surface area contributed by atoms with Gasteiger partial charge in [0.25, 0.3) is 0 Å². The molecule has 0 bridgehead atoms. The number of fused-ring (bicyclic) bond motifs is 1. The molecule has 2 aliphatic heterocycles. The third-order valence-corrected chi connectivity index (χ3v) is 3.83. The van der Waals surface area contributed by atoms with E-state index in [9.17, 15) is 0 Å². The predicted octanol–water partition coefficient (Wildman–Crippen LogP) is 0.604. The summed E-state index contributed by atoms with van der Waals surface area (Å²) >= 11 is 0. The molecule has 3 heterocycles. The van der Waals surface area contributed by atoms with Crippen LogP contribution in [-0.4, -0.2) is 40.4 Å². The van der Waals surface area contributed by atoms with Gasteiger partial charge in [0.1, 0.15) is 0 Å². The molecule has 4 nitrogen and oxygen atoms in total. The molecule has 0 aromatic carbocycles. The first-order valence-electron chi connectivity index (χ1n) is 6.25. The second-order valence-corrected chi connectivity index (χ2v) is 5.14. The number of rotatable bonds is 2. The van der Waals surface area contributed by atoms with Crippen LogP contribution in [0.25, 0.3) is 0 Å². The van der Waals surface area contributed by atoms with Gasteiger partial charge in [-0.1, -0.05) is 0 Å². The summed E-state index contributed by atoms with van der Waals surface area (Å²) < 4.78 is 1.89. The van der Waals surface area contributed by atoms with Gasteiger partial charge < -0.3 is 5.32 Å². The molecule has 4 heteroatoms. The van der Waals surface area contributed by atoms with Crippen LogP contribution in [0, 0.1) is 5.92 Å². The topological polar surface area (TPSA) is 33.1 Å². The maximum absolute atomic E-state index is 4.45. The van der Waals surface area contributed by atoms with Gasteiger partial charge in [-0.05, 0) is 31.4 Å². The Kier molecular flexibility index (Phi) is 2.69. The lowest BCUT2D eigenvalue weighted by Gasteiger charge is -2.24. The number of aryl methyl sites for hydroxylation is 1. The molecule has 2 aliphatic rings. The molecule has 1 N–H and O–H groups in total. The standard InChI is InChI=1S/C12H20N4/c1-15-6-4-11(14-15)8-16-7-10-3-2-5-13-12(10)9-16/h4,6,10,12-13H,2-3,5,7-9H2,1H3. The van der Waals surface area contributed by atoms with E-state index in [0.29, 0.717) is 0 Å². The van der Waals surface area contributed by atoms with E-state index in [-0.39, 0.29) is 0 Å². The highest BCUT2D eigenvalue weighted by Gasteiger charge is 2.34. The second kappa shape index (κ2) is 4.18. The van der Waals surface area contributed by atoms with E-state index in [1.807, 2.05) is 17.9 Å². The van der Waals surface area contributed by atoms with Gasteiger partial charge in [-0.2, -0.15) is 5.10 Å². The lowest BCUT2D eigenvalue weighted by Crippen LogP contribution is -2.40. The third-order valence-electron chi connectivity index (χ3n) is 3.83. The van der Waals surface area contributed by atoms with Gasteiger partial charge >= 0.3 is 0 Å². The van der Waals surface area contributed by atoms with E-state index in [2.05, 4.69) is 21.4 Å². The number of hydrogen-bond donors (Lipinski definition) is 1. The normalized spacial score (nSPS) is 30.6. The summed E-state index contributed by atoms with van der Waals surface area (Å²) in [4.78, 5) is 2.54. The largest absolute Gasteiger partial charge is 0.312 e. The zero-order valence-corrected chi connectivity index (χ0v) is 9.89. The Morgan fingerprint density at radius 1 is 1.50 bits per heavy atom.